The summed E-state index contributed by atoms with van der Waals surface area (Å²) in [4.78, 5) is 54.9. The number of para-hydroxylation sites is 2. The molecule has 1 saturated heterocycles. The maximum Gasteiger partial charge on any atom is 0.332 e. The second-order valence-electron chi connectivity index (χ2n) is 7.76. The monoisotopic (exact) mass is 427 g/mol. The molecule has 1 aromatic carbocycles. The van der Waals surface area contributed by atoms with E-state index in [0.717, 1.165) is 4.57 Å². The van der Waals surface area contributed by atoms with E-state index in [1.54, 1.807) is 37.1 Å². The third-order valence-electron chi connectivity index (χ3n) is 5.82. The standard InChI is InChI=1S/C21H25N5O5/c1-14-20(29)26(15-6-4-5-7-16(15)31-14)13-19(28)25-10-8-24(9-11-25)17-12-18(27)23(3)21(30)22(17)2/h4-7,12,14H,8-11,13H2,1-3H3. The lowest BCUT2D eigenvalue weighted by atomic mass is 10.2. The fourth-order valence-corrected chi connectivity index (χ4v) is 3.97. The van der Waals surface area contributed by atoms with E-state index < -0.39 is 6.10 Å². The SMILES string of the molecule is CC1Oc2ccccc2N(CC(=O)N2CCN(c3cc(=O)n(C)c(=O)n3C)CC2)C1=O. The van der Waals surface area contributed by atoms with Gasteiger partial charge in [0.1, 0.15) is 18.1 Å². The van der Waals surface area contributed by atoms with E-state index in [0.29, 0.717) is 43.4 Å². The molecule has 0 spiro atoms. The summed E-state index contributed by atoms with van der Waals surface area (Å²) in [6, 6.07) is 8.61. The van der Waals surface area contributed by atoms with Gasteiger partial charge in [0, 0.05) is 46.3 Å². The van der Waals surface area contributed by atoms with Crippen molar-refractivity contribution in [1.82, 2.24) is 14.0 Å². The van der Waals surface area contributed by atoms with Crippen molar-refractivity contribution >= 4 is 23.3 Å². The smallest absolute Gasteiger partial charge is 0.332 e. The minimum atomic E-state index is -0.651. The van der Waals surface area contributed by atoms with E-state index in [-0.39, 0.29) is 29.6 Å². The zero-order valence-electron chi connectivity index (χ0n) is 17.8. The molecule has 2 aromatic rings. The van der Waals surface area contributed by atoms with Crippen LogP contribution in [0.15, 0.2) is 39.9 Å². The Bertz CT molecular complexity index is 1150. The lowest BCUT2D eigenvalue weighted by molar-refractivity contribution is -0.133. The first-order valence-electron chi connectivity index (χ1n) is 10.1. The number of aromatic nitrogens is 2. The molecule has 164 valence electrons. The van der Waals surface area contributed by atoms with Gasteiger partial charge in [-0.2, -0.15) is 0 Å². The van der Waals surface area contributed by atoms with Crippen LogP contribution < -0.4 is 25.8 Å². The number of hydrogen-bond acceptors (Lipinski definition) is 6. The predicted molar refractivity (Wildman–Crippen MR) is 115 cm³/mol. The van der Waals surface area contributed by atoms with E-state index in [9.17, 15) is 19.2 Å². The highest BCUT2D eigenvalue weighted by molar-refractivity contribution is 6.03. The lowest BCUT2D eigenvalue weighted by Crippen LogP contribution is -2.54. The largest absolute Gasteiger partial charge is 0.479 e. The normalized spacial score (nSPS) is 18.6. The molecule has 2 aliphatic rings. The number of anilines is 2. The van der Waals surface area contributed by atoms with Gasteiger partial charge in [-0.3, -0.25) is 28.4 Å². The predicted octanol–water partition coefficient (Wildman–Crippen LogP) is -0.453. The van der Waals surface area contributed by atoms with E-state index in [1.807, 2.05) is 11.0 Å². The number of benzene rings is 1. The van der Waals surface area contributed by atoms with Crippen LogP contribution in [0.4, 0.5) is 11.5 Å². The van der Waals surface area contributed by atoms with E-state index in [1.165, 1.54) is 22.6 Å². The summed E-state index contributed by atoms with van der Waals surface area (Å²) >= 11 is 0. The first-order chi connectivity index (χ1) is 14.8. The van der Waals surface area contributed by atoms with E-state index >= 15 is 0 Å². The van der Waals surface area contributed by atoms with Gasteiger partial charge < -0.3 is 14.5 Å². The third kappa shape index (κ3) is 3.69. The molecule has 0 N–H and O–H groups in total. The van der Waals surface area contributed by atoms with Gasteiger partial charge in [-0.25, -0.2) is 4.79 Å². The topological polar surface area (TPSA) is 97.1 Å². The highest BCUT2D eigenvalue weighted by Crippen LogP contribution is 2.33. The molecule has 4 rings (SSSR count). The van der Waals surface area contributed by atoms with Crippen molar-refractivity contribution < 1.29 is 14.3 Å². The average molecular weight is 427 g/mol. The van der Waals surface area contributed by atoms with Crippen LogP contribution in [0, 0.1) is 0 Å². The lowest BCUT2D eigenvalue weighted by Gasteiger charge is -2.38. The Kier molecular flexibility index (Phi) is 5.30. The molecule has 0 aliphatic carbocycles. The molecule has 1 unspecified atom stereocenters. The number of amides is 2. The summed E-state index contributed by atoms with van der Waals surface area (Å²) in [5.41, 5.74) is -0.164. The Hall–Kier alpha value is -3.56. The van der Waals surface area contributed by atoms with Gasteiger partial charge in [0.25, 0.3) is 11.5 Å². The third-order valence-corrected chi connectivity index (χ3v) is 5.82. The van der Waals surface area contributed by atoms with Gasteiger partial charge >= 0.3 is 5.69 Å². The molecule has 2 amide bonds. The molecule has 0 saturated carbocycles. The van der Waals surface area contributed by atoms with Crippen molar-refractivity contribution in [1.29, 1.82) is 0 Å². The Labute approximate surface area is 178 Å². The van der Waals surface area contributed by atoms with Gasteiger partial charge in [0.05, 0.1) is 5.69 Å². The zero-order chi connectivity index (χ0) is 22.3. The summed E-state index contributed by atoms with van der Waals surface area (Å²) in [7, 11) is 3.06. The Morgan fingerprint density at radius 3 is 2.42 bits per heavy atom. The van der Waals surface area contributed by atoms with Crippen molar-refractivity contribution in [3.05, 3.63) is 51.2 Å². The van der Waals surface area contributed by atoms with Gasteiger partial charge in [-0.15, -0.1) is 0 Å². The summed E-state index contributed by atoms with van der Waals surface area (Å²) in [5.74, 6) is 0.709. The average Bonchev–Trinajstić information content (AvgIpc) is 2.78. The molecule has 1 aromatic heterocycles. The second-order valence-corrected chi connectivity index (χ2v) is 7.76. The van der Waals surface area contributed by atoms with Crippen molar-refractivity contribution in [3.63, 3.8) is 0 Å². The van der Waals surface area contributed by atoms with Crippen molar-refractivity contribution in [2.24, 2.45) is 14.1 Å². The molecular formula is C21H25N5O5. The number of carbonyl (C=O) groups is 2. The Morgan fingerprint density at radius 2 is 1.71 bits per heavy atom. The minimum Gasteiger partial charge on any atom is -0.479 e. The number of hydrogen-bond donors (Lipinski definition) is 0. The first-order valence-corrected chi connectivity index (χ1v) is 10.1. The Morgan fingerprint density at radius 1 is 1.03 bits per heavy atom. The van der Waals surface area contributed by atoms with Gasteiger partial charge in [0.15, 0.2) is 6.10 Å². The number of ether oxygens (including phenoxy) is 1. The Balaban J connectivity index is 1.46. The number of carbonyl (C=O) groups excluding carboxylic acids is 2. The number of rotatable bonds is 3. The van der Waals surface area contributed by atoms with Crippen molar-refractivity contribution in [3.8, 4) is 5.75 Å². The fraction of sp³-hybridized carbons (Fsp3) is 0.429. The summed E-state index contributed by atoms with van der Waals surface area (Å²) < 4.78 is 8.12. The summed E-state index contributed by atoms with van der Waals surface area (Å²) in [6.07, 6.45) is -0.651. The van der Waals surface area contributed by atoms with Crippen molar-refractivity contribution in [2.45, 2.75) is 13.0 Å². The van der Waals surface area contributed by atoms with Crippen LogP contribution >= 0.6 is 0 Å². The maximum absolute atomic E-state index is 13.0. The molecule has 0 bridgehead atoms. The van der Waals surface area contributed by atoms with Crippen LogP contribution in [0.25, 0.3) is 0 Å². The van der Waals surface area contributed by atoms with Crippen LogP contribution in [-0.4, -0.2) is 64.7 Å². The number of fused-ring (bicyclic) bond motifs is 1. The van der Waals surface area contributed by atoms with Crippen LogP contribution in [0.5, 0.6) is 5.75 Å². The summed E-state index contributed by atoms with van der Waals surface area (Å²) in [6.45, 7) is 3.43. The molecule has 31 heavy (non-hydrogen) atoms. The molecule has 0 radical (unpaired) electrons. The molecule has 1 fully saturated rings. The molecule has 3 heterocycles. The molecule has 1 atom stereocenters. The fourth-order valence-electron chi connectivity index (χ4n) is 3.97. The molecule has 10 nitrogen and oxygen atoms in total. The summed E-state index contributed by atoms with van der Waals surface area (Å²) in [5, 5.41) is 0. The maximum atomic E-state index is 13.0. The quantitative estimate of drug-likeness (QED) is 0.658. The highest BCUT2D eigenvalue weighted by Gasteiger charge is 2.34. The van der Waals surface area contributed by atoms with E-state index in [2.05, 4.69) is 0 Å². The van der Waals surface area contributed by atoms with Crippen LogP contribution in [0.2, 0.25) is 0 Å². The van der Waals surface area contributed by atoms with Crippen LogP contribution in [0.1, 0.15) is 6.92 Å². The molecular weight excluding hydrogens is 402 g/mol. The van der Waals surface area contributed by atoms with Crippen molar-refractivity contribution in [2.75, 3.05) is 42.5 Å². The van der Waals surface area contributed by atoms with Gasteiger partial charge in [-0.1, -0.05) is 12.1 Å². The highest BCUT2D eigenvalue weighted by atomic mass is 16.5. The number of nitrogens with zero attached hydrogens (tertiary/aromatic N) is 5. The van der Waals surface area contributed by atoms with Gasteiger partial charge in [0.2, 0.25) is 5.91 Å². The molecule has 2 aliphatic heterocycles. The number of piperazine rings is 1. The minimum absolute atomic E-state index is 0.0616. The molecule has 10 heteroatoms. The van der Waals surface area contributed by atoms with Crippen LogP contribution in [0.3, 0.4) is 0 Å². The zero-order valence-corrected chi connectivity index (χ0v) is 17.8. The second kappa shape index (κ2) is 7.93. The van der Waals surface area contributed by atoms with Gasteiger partial charge in [-0.05, 0) is 19.1 Å². The first kappa shape index (κ1) is 20.7. The van der Waals surface area contributed by atoms with E-state index in [4.69, 9.17) is 4.74 Å². The van der Waals surface area contributed by atoms with Crippen LogP contribution in [-0.2, 0) is 23.7 Å².